The number of fused-ring (bicyclic) bond motifs is 1. The van der Waals surface area contributed by atoms with Crippen LogP contribution in [0.15, 0.2) is 16.8 Å². The first-order valence-electron chi connectivity index (χ1n) is 6.28. The lowest BCUT2D eigenvalue weighted by molar-refractivity contribution is -0.383. The number of carboxylic acid groups (broad SMARTS) is 1. The van der Waals surface area contributed by atoms with Crippen LogP contribution in [0.25, 0.3) is 11.0 Å². The van der Waals surface area contributed by atoms with E-state index in [0.29, 0.717) is 5.69 Å². The molecule has 0 saturated carbocycles. The zero-order valence-corrected chi connectivity index (χ0v) is 11.4. The highest BCUT2D eigenvalue weighted by molar-refractivity contribution is 5.93. The van der Waals surface area contributed by atoms with Crippen LogP contribution in [0, 0.1) is 16.0 Å². The smallest absolute Gasteiger partial charge is 0.305 e. The maximum Gasteiger partial charge on any atom is 0.305 e. The lowest BCUT2D eigenvalue weighted by atomic mass is 10.0. The number of carboxylic acids is 1. The second-order valence-corrected chi connectivity index (χ2v) is 4.94. The number of aromatic nitrogens is 2. The highest BCUT2D eigenvalue weighted by Crippen LogP contribution is 2.30. The molecule has 0 bridgehead atoms. The minimum absolute atomic E-state index is 0.0304. The molecule has 0 spiro atoms. The van der Waals surface area contributed by atoms with Gasteiger partial charge in [0.25, 0.3) is 0 Å². The summed E-state index contributed by atoms with van der Waals surface area (Å²) in [5.41, 5.74) is 0.482. The molecular formula is C12H14N4O5. The number of nitrogens with one attached hydrogen (secondary N) is 1. The SMILES string of the molecule is CC(C)C(CC(=O)O)Nc1ccc([N+](=O)[O-])c2nonc12. The fourth-order valence-electron chi connectivity index (χ4n) is 1.96. The Labute approximate surface area is 119 Å². The molecule has 0 radical (unpaired) electrons. The molecule has 1 aromatic heterocycles. The molecule has 1 heterocycles. The summed E-state index contributed by atoms with van der Waals surface area (Å²) < 4.78 is 4.56. The number of aliphatic carboxylic acids is 1. The van der Waals surface area contributed by atoms with Crippen molar-refractivity contribution < 1.29 is 19.5 Å². The standard InChI is InChI=1S/C12H14N4O5/c1-6(2)8(5-10(17)18)13-7-3-4-9(16(19)20)12-11(7)14-21-15-12/h3-4,6,8,13H,5H2,1-2H3,(H,17,18). The monoisotopic (exact) mass is 294 g/mol. The quantitative estimate of drug-likeness (QED) is 0.611. The van der Waals surface area contributed by atoms with Crippen LogP contribution < -0.4 is 5.32 Å². The summed E-state index contributed by atoms with van der Waals surface area (Å²) >= 11 is 0. The third kappa shape index (κ3) is 3.07. The van der Waals surface area contributed by atoms with Crippen molar-refractivity contribution >= 4 is 28.4 Å². The molecule has 1 atom stereocenters. The Morgan fingerprint density at radius 3 is 2.67 bits per heavy atom. The van der Waals surface area contributed by atoms with Gasteiger partial charge in [-0.1, -0.05) is 13.8 Å². The zero-order chi connectivity index (χ0) is 15.6. The van der Waals surface area contributed by atoms with Crippen LogP contribution in [0.1, 0.15) is 20.3 Å². The van der Waals surface area contributed by atoms with E-state index in [1.807, 2.05) is 13.8 Å². The van der Waals surface area contributed by atoms with Gasteiger partial charge in [-0.15, -0.1) is 0 Å². The Bertz CT molecular complexity index is 681. The fraction of sp³-hybridized carbons (Fsp3) is 0.417. The molecular weight excluding hydrogens is 280 g/mol. The average molecular weight is 294 g/mol. The average Bonchev–Trinajstić information content (AvgIpc) is 2.86. The van der Waals surface area contributed by atoms with Gasteiger partial charge in [0.2, 0.25) is 5.52 Å². The number of rotatable bonds is 6. The first-order chi connectivity index (χ1) is 9.90. The van der Waals surface area contributed by atoms with E-state index in [1.165, 1.54) is 12.1 Å². The minimum Gasteiger partial charge on any atom is -0.481 e. The van der Waals surface area contributed by atoms with Crippen LogP contribution in [-0.2, 0) is 4.79 Å². The van der Waals surface area contributed by atoms with Crippen LogP contribution in [0.2, 0.25) is 0 Å². The molecule has 0 saturated heterocycles. The first kappa shape index (κ1) is 14.7. The van der Waals surface area contributed by atoms with E-state index in [2.05, 4.69) is 20.3 Å². The van der Waals surface area contributed by atoms with Gasteiger partial charge >= 0.3 is 11.7 Å². The molecule has 112 valence electrons. The number of hydrogen-bond donors (Lipinski definition) is 2. The summed E-state index contributed by atoms with van der Waals surface area (Å²) in [6.45, 7) is 3.76. The van der Waals surface area contributed by atoms with Gasteiger partial charge < -0.3 is 10.4 Å². The summed E-state index contributed by atoms with van der Waals surface area (Å²) in [5.74, 6) is -0.885. The number of non-ortho nitro benzene ring substituents is 1. The molecule has 0 fully saturated rings. The van der Waals surface area contributed by atoms with E-state index in [-0.39, 0.29) is 35.1 Å². The van der Waals surface area contributed by atoms with Crippen LogP contribution in [-0.4, -0.2) is 32.4 Å². The van der Waals surface area contributed by atoms with Gasteiger partial charge in [-0.25, -0.2) is 4.63 Å². The normalized spacial score (nSPS) is 12.5. The van der Waals surface area contributed by atoms with Crippen molar-refractivity contribution in [2.45, 2.75) is 26.3 Å². The van der Waals surface area contributed by atoms with Gasteiger partial charge in [-0.05, 0) is 22.3 Å². The van der Waals surface area contributed by atoms with Crippen molar-refractivity contribution in [3.8, 4) is 0 Å². The number of nitro benzene ring substituents is 1. The van der Waals surface area contributed by atoms with Gasteiger partial charge in [0, 0.05) is 12.1 Å². The highest BCUT2D eigenvalue weighted by atomic mass is 16.6. The summed E-state index contributed by atoms with van der Waals surface area (Å²) in [7, 11) is 0. The Hall–Kier alpha value is -2.71. The van der Waals surface area contributed by atoms with E-state index >= 15 is 0 Å². The van der Waals surface area contributed by atoms with E-state index < -0.39 is 10.9 Å². The predicted octanol–water partition coefficient (Wildman–Crippen LogP) is 2.04. The Kier molecular flexibility index (Phi) is 4.01. The Morgan fingerprint density at radius 2 is 2.10 bits per heavy atom. The lowest BCUT2D eigenvalue weighted by Gasteiger charge is -2.21. The highest BCUT2D eigenvalue weighted by Gasteiger charge is 2.23. The lowest BCUT2D eigenvalue weighted by Crippen LogP contribution is -2.28. The molecule has 9 heteroatoms. The molecule has 1 unspecified atom stereocenters. The minimum atomic E-state index is -0.933. The third-order valence-corrected chi connectivity index (χ3v) is 3.13. The van der Waals surface area contributed by atoms with Crippen LogP contribution in [0.3, 0.4) is 0 Å². The van der Waals surface area contributed by atoms with Crippen LogP contribution in [0.5, 0.6) is 0 Å². The number of anilines is 1. The fourth-order valence-corrected chi connectivity index (χ4v) is 1.96. The third-order valence-electron chi connectivity index (χ3n) is 3.13. The van der Waals surface area contributed by atoms with Crippen molar-refractivity contribution in [1.82, 2.24) is 10.3 Å². The van der Waals surface area contributed by atoms with E-state index in [4.69, 9.17) is 5.11 Å². The first-order valence-corrected chi connectivity index (χ1v) is 6.28. The Balaban J connectivity index is 2.38. The van der Waals surface area contributed by atoms with Gasteiger partial charge in [-0.2, -0.15) is 0 Å². The largest absolute Gasteiger partial charge is 0.481 e. The van der Waals surface area contributed by atoms with Crippen molar-refractivity contribution in [3.05, 3.63) is 22.2 Å². The number of benzene rings is 1. The molecule has 9 nitrogen and oxygen atoms in total. The number of carbonyl (C=O) groups is 1. The van der Waals surface area contributed by atoms with Crippen molar-refractivity contribution in [1.29, 1.82) is 0 Å². The summed E-state index contributed by atoms with van der Waals surface area (Å²) in [6.07, 6.45) is -0.0819. The van der Waals surface area contributed by atoms with Gasteiger partial charge in [-0.3, -0.25) is 14.9 Å². The van der Waals surface area contributed by atoms with Gasteiger partial charge in [0.1, 0.15) is 0 Å². The summed E-state index contributed by atoms with van der Waals surface area (Å²) in [4.78, 5) is 21.2. The topological polar surface area (TPSA) is 131 Å². The predicted molar refractivity (Wildman–Crippen MR) is 73.0 cm³/mol. The van der Waals surface area contributed by atoms with Crippen LogP contribution in [0.4, 0.5) is 11.4 Å². The molecule has 0 aliphatic heterocycles. The van der Waals surface area contributed by atoms with Crippen LogP contribution >= 0.6 is 0 Å². The summed E-state index contributed by atoms with van der Waals surface area (Å²) in [6, 6.07) is 2.42. The molecule has 1 aromatic carbocycles. The van der Waals surface area contributed by atoms with E-state index in [1.54, 1.807) is 0 Å². The van der Waals surface area contributed by atoms with Crippen molar-refractivity contribution in [2.24, 2.45) is 5.92 Å². The van der Waals surface area contributed by atoms with Crippen molar-refractivity contribution in [3.63, 3.8) is 0 Å². The molecule has 2 rings (SSSR count). The molecule has 21 heavy (non-hydrogen) atoms. The van der Waals surface area contributed by atoms with Gasteiger partial charge in [0.15, 0.2) is 5.52 Å². The molecule has 2 N–H and O–H groups in total. The molecule has 0 aliphatic carbocycles. The zero-order valence-electron chi connectivity index (χ0n) is 11.4. The maximum absolute atomic E-state index is 10.9. The molecule has 0 aliphatic rings. The number of nitro groups is 1. The Morgan fingerprint density at radius 1 is 1.43 bits per heavy atom. The second kappa shape index (κ2) is 5.73. The van der Waals surface area contributed by atoms with Gasteiger partial charge in [0.05, 0.1) is 17.0 Å². The summed E-state index contributed by atoms with van der Waals surface area (Å²) in [5, 5.41) is 30.0. The molecule has 0 amide bonds. The van der Waals surface area contributed by atoms with Crippen molar-refractivity contribution in [2.75, 3.05) is 5.32 Å². The van der Waals surface area contributed by atoms with E-state index in [0.717, 1.165) is 0 Å². The number of hydrogen-bond acceptors (Lipinski definition) is 7. The number of nitrogens with zero attached hydrogens (tertiary/aromatic N) is 3. The van der Waals surface area contributed by atoms with E-state index in [9.17, 15) is 14.9 Å². The molecule has 2 aromatic rings. The second-order valence-electron chi connectivity index (χ2n) is 4.94. The maximum atomic E-state index is 10.9.